The standard InChI is InChI=1S/C23H27ClN4S.C4H8N2O/c1-16-13-27(15-18-5-7-20-21(25)9-10-26-22(20)12-18)14-17(2)28(16)11-3-4-19-6-8-23(24)29-19;7-4-3-5-1-2-6-4/h3-10,12,16-17H,11,13-15H2,1-2H3,(H2,25,26);5H,1-3H2,(H,6,7)/t16-,17+;. The molecule has 1 aromatic carbocycles. The molecule has 36 heavy (non-hydrogen) atoms. The molecule has 2 aliphatic rings. The van der Waals surface area contributed by atoms with Crippen molar-refractivity contribution in [3.8, 4) is 0 Å². The molecule has 0 saturated carbocycles. The molecule has 3 aromatic rings. The van der Waals surface area contributed by atoms with Crippen molar-refractivity contribution < 1.29 is 4.79 Å². The molecular formula is C27H35ClN6OS. The topological polar surface area (TPSA) is 86.5 Å². The number of nitrogens with one attached hydrogen (secondary N) is 2. The molecule has 2 aliphatic heterocycles. The molecule has 2 atom stereocenters. The lowest BCUT2D eigenvalue weighted by Gasteiger charge is -2.44. The number of halogens is 1. The Kier molecular flexibility index (Phi) is 9.34. The highest BCUT2D eigenvalue weighted by Crippen LogP contribution is 2.24. The summed E-state index contributed by atoms with van der Waals surface area (Å²) in [5.41, 5.74) is 9.10. The van der Waals surface area contributed by atoms with Gasteiger partial charge < -0.3 is 16.4 Å². The lowest BCUT2D eigenvalue weighted by molar-refractivity contribution is -0.121. The van der Waals surface area contributed by atoms with Crippen molar-refractivity contribution >= 4 is 51.5 Å². The van der Waals surface area contributed by atoms with Crippen molar-refractivity contribution in [2.24, 2.45) is 0 Å². The molecule has 0 bridgehead atoms. The molecule has 4 heterocycles. The molecular weight excluding hydrogens is 492 g/mol. The number of amides is 1. The van der Waals surface area contributed by atoms with Gasteiger partial charge in [0.2, 0.25) is 5.91 Å². The fourth-order valence-corrected chi connectivity index (χ4v) is 5.78. The highest BCUT2D eigenvalue weighted by atomic mass is 35.5. The number of hydrogen-bond donors (Lipinski definition) is 3. The molecule has 9 heteroatoms. The summed E-state index contributed by atoms with van der Waals surface area (Å²) in [7, 11) is 0. The summed E-state index contributed by atoms with van der Waals surface area (Å²) in [5, 5.41) is 6.63. The Labute approximate surface area is 222 Å². The number of nitrogens with zero attached hydrogens (tertiary/aromatic N) is 3. The van der Waals surface area contributed by atoms with E-state index in [0.717, 1.165) is 60.2 Å². The van der Waals surface area contributed by atoms with E-state index in [9.17, 15) is 4.79 Å². The van der Waals surface area contributed by atoms with Crippen LogP contribution in [0.5, 0.6) is 0 Å². The van der Waals surface area contributed by atoms with E-state index in [1.165, 1.54) is 10.4 Å². The Morgan fingerprint density at radius 1 is 1.17 bits per heavy atom. The summed E-state index contributed by atoms with van der Waals surface area (Å²) in [5.74, 6) is 0.103. The minimum absolute atomic E-state index is 0.103. The first-order valence-electron chi connectivity index (χ1n) is 12.4. The van der Waals surface area contributed by atoms with Gasteiger partial charge in [-0.3, -0.25) is 19.6 Å². The van der Waals surface area contributed by atoms with E-state index in [4.69, 9.17) is 17.3 Å². The number of thiophene rings is 1. The molecule has 2 saturated heterocycles. The van der Waals surface area contributed by atoms with E-state index < -0.39 is 0 Å². The van der Waals surface area contributed by atoms with Crippen LogP contribution in [-0.2, 0) is 11.3 Å². The van der Waals surface area contributed by atoms with Crippen LogP contribution in [0.3, 0.4) is 0 Å². The monoisotopic (exact) mass is 526 g/mol. The van der Waals surface area contributed by atoms with E-state index in [0.29, 0.717) is 18.6 Å². The van der Waals surface area contributed by atoms with Gasteiger partial charge in [0, 0.05) is 73.5 Å². The molecule has 2 fully saturated rings. The predicted octanol–water partition coefficient (Wildman–Crippen LogP) is 3.85. The number of fused-ring (bicyclic) bond motifs is 1. The number of carbonyl (C=O) groups excluding carboxylic acids is 1. The van der Waals surface area contributed by atoms with Crippen LogP contribution in [0.1, 0.15) is 24.3 Å². The first kappa shape index (κ1) is 26.6. The van der Waals surface area contributed by atoms with Crippen molar-refractivity contribution in [3.05, 3.63) is 63.4 Å². The lowest BCUT2D eigenvalue weighted by atomic mass is 10.1. The fourth-order valence-electron chi connectivity index (χ4n) is 4.79. The van der Waals surface area contributed by atoms with E-state index in [1.807, 2.05) is 12.1 Å². The molecule has 7 nitrogen and oxygen atoms in total. The maximum Gasteiger partial charge on any atom is 0.234 e. The van der Waals surface area contributed by atoms with Crippen LogP contribution in [0.4, 0.5) is 5.69 Å². The fraction of sp³-hybridized carbons (Fsp3) is 0.407. The highest BCUT2D eigenvalue weighted by molar-refractivity contribution is 7.16. The summed E-state index contributed by atoms with van der Waals surface area (Å²) in [6.45, 7) is 10.8. The quantitative estimate of drug-likeness (QED) is 0.468. The third-order valence-corrected chi connectivity index (χ3v) is 7.72. The first-order chi connectivity index (χ1) is 17.4. The SMILES string of the molecule is C[C@@H]1CN(Cc2ccc3c(N)ccnc3c2)C[C@H](C)N1CC=Cc1ccc(Cl)s1.O=C1CNCCN1. The molecule has 5 rings (SSSR count). The maximum atomic E-state index is 10.3. The van der Waals surface area contributed by atoms with Gasteiger partial charge in [-0.15, -0.1) is 11.3 Å². The molecule has 1 amide bonds. The number of carbonyl (C=O) groups is 1. The largest absolute Gasteiger partial charge is 0.398 e. The Morgan fingerprint density at radius 3 is 2.61 bits per heavy atom. The number of rotatable bonds is 5. The average Bonchev–Trinajstić information content (AvgIpc) is 3.27. The Balaban J connectivity index is 0.000000375. The van der Waals surface area contributed by atoms with Crippen LogP contribution >= 0.6 is 22.9 Å². The summed E-state index contributed by atoms with van der Waals surface area (Å²) in [4.78, 5) is 21.1. The first-order valence-corrected chi connectivity index (χ1v) is 13.6. The van der Waals surface area contributed by atoms with Crippen LogP contribution in [0.15, 0.2) is 48.7 Å². The van der Waals surface area contributed by atoms with E-state index in [-0.39, 0.29) is 5.91 Å². The minimum atomic E-state index is 0.103. The van der Waals surface area contributed by atoms with Crippen molar-refractivity contribution in [2.45, 2.75) is 32.5 Å². The molecule has 4 N–H and O–H groups in total. The second kappa shape index (κ2) is 12.7. The van der Waals surface area contributed by atoms with E-state index in [1.54, 1.807) is 17.5 Å². The van der Waals surface area contributed by atoms with Crippen molar-refractivity contribution in [1.29, 1.82) is 0 Å². The van der Waals surface area contributed by atoms with Gasteiger partial charge in [-0.25, -0.2) is 0 Å². The van der Waals surface area contributed by atoms with Gasteiger partial charge in [0.25, 0.3) is 0 Å². The number of pyridine rings is 1. The maximum absolute atomic E-state index is 10.3. The molecule has 0 radical (unpaired) electrons. The second-order valence-corrected chi connectivity index (χ2v) is 11.2. The Morgan fingerprint density at radius 2 is 1.97 bits per heavy atom. The smallest absolute Gasteiger partial charge is 0.234 e. The van der Waals surface area contributed by atoms with Gasteiger partial charge >= 0.3 is 0 Å². The Hall–Kier alpha value is -2.49. The van der Waals surface area contributed by atoms with Crippen LogP contribution in [0.2, 0.25) is 4.34 Å². The molecule has 2 aromatic heterocycles. The summed E-state index contributed by atoms with van der Waals surface area (Å²) in [6.07, 6.45) is 6.21. The van der Waals surface area contributed by atoms with Crippen molar-refractivity contribution in [3.63, 3.8) is 0 Å². The van der Waals surface area contributed by atoms with E-state index in [2.05, 4.69) is 75.7 Å². The zero-order valence-electron chi connectivity index (χ0n) is 20.9. The third-order valence-electron chi connectivity index (χ3n) is 6.53. The number of nitrogen functional groups attached to an aromatic ring is 1. The average molecular weight is 527 g/mol. The van der Waals surface area contributed by atoms with Gasteiger partial charge in [0.15, 0.2) is 0 Å². The van der Waals surface area contributed by atoms with Gasteiger partial charge in [-0.05, 0) is 49.8 Å². The highest BCUT2D eigenvalue weighted by Gasteiger charge is 2.28. The summed E-state index contributed by atoms with van der Waals surface area (Å²) >= 11 is 7.63. The molecule has 192 valence electrons. The number of piperazine rings is 2. The Bertz CT molecular complexity index is 1180. The number of hydrogen-bond acceptors (Lipinski definition) is 7. The van der Waals surface area contributed by atoms with Crippen molar-refractivity contribution in [2.75, 3.05) is 45.0 Å². The third kappa shape index (κ3) is 7.27. The van der Waals surface area contributed by atoms with Gasteiger partial charge in [0.05, 0.1) is 16.4 Å². The van der Waals surface area contributed by atoms with Gasteiger partial charge in [0.1, 0.15) is 0 Å². The van der Waals surface area contributed by atoms with E-state index >= 15 is 0 Å². The minimum Gasteiger partial charge on any atom is -0.398 e. The number of nitrogens with two attached hydrogens (primary N) is 1. The zero-order chi connectivity index (χ0) is 25.5. The van der Waals surface area contributed by atoms with Gasteiger partial charge in [-0.1, -0.05) is 29.8 Å². The predicted molar refractivity (Wildman–Crippen MR) is 151 cm³/mol. The molecule has 0 aliphatic carbocycles. The summed E-state index contributed by atoms with van der Waals surface area (Å²) in [6, 6.07) is 13.3. The molecule has 0 unspecified atom stereocenters. The van der Waals surface area contributed by atoms with Gasteiger partial charge in [-0.2, -0.15) is 0 Å². The zero-order valence-corrected chi connectivity index (χ0v) is 22.5. The number of anilines is 1. The second-order valence-electron chi connectivity index (χ2n) is 9.41. The van der Waals surface area contributed by atoms with Crippen LogP contribution in [-0.4, -0.2) is 72.0 Å². The number of aromatic nitrogens is 1. The normalized spacial score (nSPS) is 21.4. The van der Waals surface area contributed by atoms with Crippen LogP contribution in [0, 0.1) is 0 Å². The number of benzene rings is 1. The van der Waals surface area contributed by atoms with Crippen LogP contribution in [0.25, 0.3) is 17.0 Å². The van der Waals surface area contributed by atoms with Crippen LogP contribution < -0.4 is 16.4 Å². The van der Waals surface area contributed by atoms with Crippen molar-refractivity contribution in [1.82, 2.24) is 25.4 Å². The summed E-state index contributed by atoms with van der Waals surface area (Å²) < 4.78 is 0.839. The molecule has 0 spiro atoms. The lowest BCUT2D eigenvalue weighted by Crippen LogP contribution is -2.56.